The lowest BCUT2D eigenvalue weighted by molar-refractivity contribution is 1.14. The van der Waals surface area contributed by atoms with Gasteiger partial charge in [-0.15, -0.1) is 17.0 Å². The van der Waals surface area contributed by atoms with Gasteiger partial charge in [0.25, 0.3) is 0 Å². The van der Waals surface area contributed by atoms with Gasteiger partial charge < -0.3 is 5.73 Å². The number of hydrogen-bond donors (Lipinski definition) is 1. The van der Waals surface area contributed by atoms with Gasteiger partial charge in [0, 0.05) is 17.8 Å². The Kier molecular flexibility index (Phi) is 2.32. The van der Waals surface area contributed by atoms with Crippen LogP contribution >= 0.6 is 17.0 Å². The van der Waals surface area contributed by atoms with Gasteiger partial charge in [0.2, 0.25) is 5.95 Å². The molecule has 2 N–H and O–H groups in total. The van der Waals surface area contributed by atoms with Crippen molar-refractivity contribution in [1.29, 1.82) is 0 Å². The van der Waals surface area contributed by atoms with E-state index in [0.29, 0.717) is 5.95 Å². The first-order chi connectivity index (χ1) is 6.86. The first-order valence-electron chi connectivity index (χ1n) is 4.33. The Morgan fingerprint density at radius 3 is 2.87 bits per heavy atom. The van der Waals surface area contributed by atoms with Crippen molar-refractivity contribution in [2.45, 2.75) is 0 Å². The molecule has 4 nitrogen and oxygen atoms in total. The summed E-state index contributed by atoms with van der Waals surface area (Å²) in [6.45, 7) is 0. The zero-order valence-corrected chi connectivity index (χ0v) is 9.50. The van der Waals surface area contributed by atoms with Crippen molar-refractivity contribution < 1.29 is 0 Å². The van der Waals surface area contributed by atoms with E-state index in [4.69, 9.17) is 5.73 Å². The minimum atomic E-state index is 0. The van der Waals surface area contributed by atoms with E-state index in [1.165, 1.54) is 0 Å². The van der Waals surface area contributed by atoms with Gasteiger partial charge in [-0.25, -0.2) is 9.97 Å². The monoisotopic (exact) mass is 264 g/mol. The summed E-state index contributed by atoms with van der Waals surface area (Å²) in [5.74, 6) is 0.469. The van der Waals surface area contributed by atoms with E-state index in [2.05, 4.69) is 9.97 Å². The fourth-order valence-corrected chi connectivity index (χ4v) is 1.63. The highest BCUT2D eigenvalue weighted by Gasteiger charge is 2.04. The van der Waals surface area contributed by atoms with Crippen molar-refractivity contribution in [1.82, 2.24) is 14.4 Å². The Hall–Kier alpha value is -1.62. The largest absolute Gasteiger partial charge is 0.369 e. The third kappa shape index (κ3) is 1.35. The number of anilines is 1. The van der Waals surface area contributed by atoms with Gasteiger partial charge in [0.05, 0.1) is 5.52 Å². The molecule has 0 fully saturated rings. The maximum Gasteiger partial charge on any atom is 0.206 e. The van der Waals surface area contributed by atoms with Crippen LogP contribution in [0.4, 0.5) is 5.95 Å². The maximum absolute atomic E-state index is 5.78. The summed E-state index contributed by atoms with van der Waals surface area (Å²) in [5, 5.41) is 1.02. The number of hydrogen-bond acceptors (Lipinski definition) is 3. The normalized spacial score (nSPS) is 10.4. The molecule has 2 aromatic heterocycles. The molecule has 0 aliphatic rings. The lowest BCUT2D eigenvalue weighted by Crippen LogP contribution is -2.00. The standard InChI is InChI=1S/C10H8N4.BrH/c11-10-13-8-4-2-1-3-7(8)9-12-5-6-14(9)10;/h1-6H,(H2,11,13);1H. The van der Waals surface area contributed by atoms with Crippen LogP contribution in [0, 0.1) is 0 Å². The zero-order valence-electron chi connectivity index (χ0n) is 7.79. The van der Waals surface area contributed by atoms with Crippen molar-refractivity contribution in [3.8, 4) is 0 Å². The quantitative estimate of drug-likeness (QED) is 0.676. The van der Waals surface area contributed by atoms with Gasteiger partial charge >= 0.3 is 0 Å². The maximum atomic E-state index is 5.78. The van der Waals surface area contributed by atoms with Gasteiger partial charge in [-0.2, -0.15) is 0 Å². The molecule has 0 aliphatic heterocycles. The molecule has 1 aromatic carbocycles. The summed E-state index contributed by atoms with van der Waals surface area (Å²) in [6, 6.07) is 7.83. The minimum Gasteiger partial charge on any atom is -0.369 e. The van der Waals surface area contributed by atoms with Crippen LogP contribution in [-0.4, -0.2) is 14.4 Å². The number of benzene rings is 1. The average molecular weight is 265 g/mol. The fourth-order valence-electron chi connectivity index (χ4n) is 1.63. The number of nitrogens with two attached hydrogens (primary N) is 1. The SMILES string of the molecule is Br.Nc1nc2ccccc2c2nccn12. The van der Waals surface area contributed by atoms with E-state index in [1.807, 2.05) is 30.5 Å². The fraction of sp³-hybridized carbons (Fsp3) is 0. The Balaban J connectivity index is 0.000000853. The summed E-state index contributed by atoms with van der Waals surface area (Å²) in [7, 11) is 0. The average Bonchev–Trinajstić information content (AvgIpc) is 2.67. The van der Waals surface area contributed by atoms with Crippen LogP contribution in [0.1, 0.15) is 0 Å². The van der Waals surface area contributed by atoms with Crippen LogP contribution < -0.4 is 5.73 Å². The summed E-state index contributed by atoms with van der Waals surface area (Å²) < 4.78 is 1.78. The molecule has 15 heavy (non-hydrogen) atoms. The summed E-state index contributed by atoms with van der Waals surface area (Å²) >= 11 is 0. The number of aromatic nitrogens is 3. The highest BCUT2D eigenvalue weighted by molar-refractivity contribution is 8.93. The van der Waals surface area contributed by atoms with Crippen LogP contribution in [0.15, 0.2) is 36.7 Å². The van der Waals surface area contributed by atoms with E-state index in [9.17, 15) is 0 Å². The van der Waals surface area contributed by atoms with Crippen molar-refractivity contribution in [3.05, 3.63) is 36.7 Å². The van der Waals surface area contributed by atoms with Crippen LogP contribution in [0.5, 0.6) is 0 Å². The molecule has 76 valence electrons. The molecule has 0 spiro atoms. The molecule has 0 radical (unpaired) electrons. The predicted molar refractivity (Wildman–Crippen MR) is 65.2 cm³/mol. The molecule has 0 atom stereocenters. The van der Waals surface area contributed by atoms with Gasteiger partial charge in [0.1, 0.15) is 5.65 Å². The summed E-state index contributed by atoms with van der Waals surface area (Å²) in [5.41, 5.74) is 7.51. The molecule has 0 unspecified atom stereocenters. The van der Waals surface area contributed by atoms with Crippen LogP contribution in [0.3, 0.4) is 0 Å². The third-order valence-corrected chi connectivity index (χ3v) is 2.27. The van der Waals surface area contributed by atoms with Gasteiger partial charge in [-0.1, -0.05) is 12.1 Å². The minimum absolute atomic E-state index is 0. The number of halogens is 1. The van der Waals surface area contributed by atoms with Crippen molar-refractivity contribution in [3.63, 3.8) is 0 Å². The number of fused-ring (bicyclic) bond motifs is 3. The highest BCUT2D eigenvalue weighted by atomic mass is 79.9. The molecule has 0 amide bonds. The number of rotatable bonds is 0. The molecular formula is C10H9BrN4. The number of imidazole rings is 1. The second-order valence-corrected chi connectivity index (χ2v) is 3.11. The van der Waals surface area contributed by atoms with Crippen molar-refractivity contribution in [2.75, 3.05) is 5.73 Å². The summed E-state index contributed by atoms with van der Waals surface area (Å²) in [6.07, 6.45) is 3.53. The second kappa shape index (κ2) is 3.51. The van der Waals surface area contributed by atoms with E-state index in [-0.39, 0.29) is 17.0 Å². The Bertz CT molecular complexity index is 617. The van der Waals surface area contributed by atoms with E-state index in [0.717, 1.165) is 16.6 Å². The molecule has 2 heterocycles. The molecule has 0 aliphatic carbocycles. The molecule has 3 aromatic rings. The van der Waals surface area contributed by atoms with Crippen LogP contribution in [0.2, 0.25) is 0 Å². The number of nitrogen functional groups attached to an aromatic ring is 1. The third-order valence-electron chi connectivity index (χ3n) is 2.27. The summed E-state index contributed by atoms with van der Waals surface area (Å²) in [4.78, 5) is 8.53. The molecule has 3 rings (SSSR count). The smallest absolute Gasteiger partial charge is 0.206 e. The Morgan fingerprint density at radius 2 is 2.00 bits per heavy atom. The first kappa shape index (κ1) is 9.92. The first-order valence-corrected chi connectivity index (χ1v) is 4.33. The van der Waals surface area contributed by atoms with Crippen molar-refractivity contribution >= 4 is 39.5 Å². The number of para-hydroxylation sites is 1. The second-order valence-electron chi connectivity index (χ2n) is 3.11. The Labute approximate surface area is 96.5 Å². The van der Waals surface area contributed by atoms with Gasteiger partial charge in [-0.3, -0.25) is 4.40 Å². The lowest BCUT2D eigenvalue weighted by Gasteiger charge is -2.02. The van der Waals surface area contributed by atoms with Gasteiger partial charge in [0.15, 0.2) is 0 Å². The van der Waals surface area contributed by atoms with Crippen molar-refractivity contribution in [2.24, 2.45) is 0 Å². The predicted octanol–water partition coefficient (Wildman–Crippen LogP) is 2.04. The molecule has 0 bridgehead atoms. The van der Waals surface area contributed by atoms with Crippen LogP contribution in [-0.2, 0) is 0 Å². The zero-order chi connectivity index (χ0) is 9.54. The highest BCUT2D eigenvalue weighted by Crippen LogP contribution is 2.18. The topological polar surface area (TPSA) is 56.2 Å². The number of nitrogens with zero attached hydrogens (tertiary/aromatic N) is 3. The Morgan fingerprint density at radius 1 is 1.20 bits per heavy atom. The molecule has 0 saturated heterocycles. The van der Waals surface area contributed by atoms with Crippen LogP contribution in [0.25, 0.3) is 16.6 Å². The molecule has 0 saturated carbocycles. The van der Waals surface area contributed by atoms with E-state index >= 15 is 0 Å². The van der Waals surface area contributed by atoms with E-state index in [1.54, 1.807) is 10.6 Å². The molecular weight excluding hydrogens is 256 g/mol. The van der Waals surface area contributed by atoms with Gasteiger partial charge in [-0.05, 0) is 12.1 Å². The van der Waals surface area contributed by atoms with E-state index < -0.39 is 0 Å². The lowest BCUT2D eigenvalue weighted by atomic mass is 10.2. The molecule has 5 heteroatoms.